The van der Waals surface area contributed by atoms with E-state index in [1.54, 1.807) is 6.92 Å². The van der Waals surface area contributed by atoms with Crippen LogP contribution in [-0.2, 0) is 24.1 Å². The summed E-state index contributed by atoms with van der Waals surface area (Å²) in [6.45, 7) is 3.11. The maximum atomic E-state index is 11.0. The van der Waals surface area contributed by atoms with Gasteiger partial charge >= 0.3 is 5.97 Å². The topological polar surface area (TPSA) is 55.8 Å². The summed E-state index contributed by atoms with van der Waals surface area (Å²) in [6, 6.07) is 2.06. The van der Waals surface area contributed by atoms with E-state index in [-0.39, 0.29) is 0 Å². The number of fused-ring (bicyclic) bond motifs is 2. The Morgan fingerprint density at radius 2 is 2.17 bits per heavy atom. The average Bonchev–Trinajstić information content (AvgIpc) is 2.95. The van der Waals surface area contributed by atoms with E-state index in [4.69, 9.17) is 14.6 Å². The zero-order valence-electron chi connectivity index (χ0n) is 10.4. The van der Waals surface area contributed by atoms with E-state index in [1.165, 1.54) is 0 Å². The van der Waals surface area contributed by atoms with Crippen LogP contribution in [0.25, 0.3) is 0 Å². The van der Waals surface area contributed by atoms with Crippen LogP contribution in [0, 0.1) is 5.92 Å². The molecule has 18 heavy (non-hydrogen) atoms. The van der Waals surface area contributed by atoms with Gasteiger partial charge in [-0.3, -0.25) is 4.79 Å². The highest BCUT2D eigenvalue weighted by atomic mass is 16.5. The number of benzene rings is 1. The molecule has 4 nitrogen and oxygen atoms in total. The molecule has 1 aromatic carbocycles. The zero-order chi connectivity index (χ0) is 12.7. The van der Waals surface area contributed by atoms with Crippen molar-refractivity contribution in [3.8, 4) is 11.5 Å². The first kappa shape index (κ1) is 11.4. The summed E-state index contributed by atoms with van der Waals surface area (Å²) in [6.07, 6.45) is 2.26. The van der Waals surface area contributed by atoms with Gasteiger partial charge in [0.15, 0.2) is 0 Å². The fourth-order valence-corrected chi connectivity index (χ4v) is 2.69. The number of hydrogen-bond donors (Lipinski definition) is 1. The highest BCUT2D eigenvalue weighted by Crippen LogP contribution is 2.41. The summed E-state index contributed by atoms with van der Waals surface area (Å²) in [5.41, 5.74) is 3.35. The molecule has 0 fully saturated rings. The number of ether oxygens (including phenoxy) is 2. The molecule has 0 bridgehead atoms. The Morgan fingerprint density at radius 3 is 2.94 bits per heavy atom. The van der Waals surface area contributed by atoms with E-state index in [0.717, 1.165) is 41.0 Å². The van der Waals surface area contributed by atoms with Gasteiger partial charge in [-0.1, -0.05) is 6.92 Å². The second-order valence-corrected chi connectivity index (χ2v) is 4.96. The van der Waals surface area contributed by atoms with Crippen molar-refractivity contribution >= 4 is 5.97 Å². The van der Waals surface area contributed by atoms with Gasteiger partial charge in [0.2, 0.25) is 0 Å². The molecule has 0 saturated carbocycles. The predicted molar refractivity (Wildman–Crippen MR) is 65.3 cm³/mol. The molecule has 0 spiro atoms. The van der Waals surface area contributed by atoms with E-state index in [9.17, 15) is 4.79 Å². The number of carboxylic acids is 1. The Bertz CT molecular complexity index is 475. The fourth-order valence-electron chi connectivity index (χ4n) is 2.69. The normalized spacial score (nSPS) is 17.6. The van der Waals surface area contributed by atoms with Crippen LogP contribution in [0.3, 0.4) is 0 Å². The SMILES string of the molecule is CC(Cc1c2c(cc3c1OCC3)OCC2)C(=O)O. The minimum absolute atomic E-state index is 0.398. The Labute approximate surface area is 106 Å². The average molecular weight is 248 g/mol. The van der Waals surface area contributed by atoms with E-state index in [0.29, 0.717) is 19.6 Å². The largest absolute Gasteiger partial charge is 0.493 e. The summed E-state index contributed by atoms with van der Waals surface area (Å²) < 4.78 is 11.3. The van der Waals surface area contributed by atoms with E-state index < -0.39 is 11.9 Å². The predicted octanol–water partition coefficient (Wildman–Crippen LogP) is 1.82. The van der Waals surface area contributed by atoms with Crippen molar-refractivity contribution in [2.75, 3.05) is 13.2 Å². The molecule has 2 aliphatic heterocycles. The van der Waals surface area contributed by atoms with Gasteiger partial charge in [0, 0.05) is 29.5 Å². The monoisotopic (exact) mass is 248 g/mol. The van der Waals surface area contributed by atoms with Crippen molar-refractivity contribution in [1.82, 2.24) is 0 Å². The molecular formula is C14H16O4. The second kappa shape index (κ2) is 4.19. The highest BCUT2D eigenvalue weighted by molar-refractivity contribution is 5.70. The number of carboxylic acid groups (broad SMARTS) is 1. The first-order valence-electron chi connectivity index (χ1n) is 6.33. The number of carbonyl (C=O) groups is 1. The van der Waals surface area contributed by atoms with Crippen molar-refractivity contribution in [2.24, 2.45) is 5.92 Å². The van der Waals surface area contributed by atoms with Crippen LogP contribution in [0.1, 0.15) is 23.6 Å². The maximum Gasteiger partial charge on any atom is 0.306 e. The van der Waals surface area contributed by atoms with Crippen LogP contribution in [0.15, 0.2) is 6.07 Å². The Hall–Kier alpha value is -1.71. The van der Waals surface area contributed by atoms with E-state index in [1.807, 2.05) is 0 Å². The van der Waals surface area contributed by atoms with Crippen molar-refractivity contribution < 1.29 is 19.4 Å². The van der Waals surface area contributed by atoms with Crippen LogP contribution in [0.4, 0.5) is 0 Å². The highest BCUT2D eigenvalue weighted by Gasteiger charge is 2.28. The molecule has 4 heteroatoms. The fraction of sp³-hybridized carbons (Fsp3) is 0.500. The van der Waals surface area contributed by atoms with Gasteiger partial charge in [-0.2, -0.15) is 0 Å². The molecule has 1 atom stereocenters. The Morgan fingerprint density at radius 1 is 1.39 bits per heavy atom. The lowest BCUT2D eigenvalue weighted by Crippen LogP contribution is -2.14. The molecule has 0 aromatic heterocycles. The smallest absolute Gasteiger partial charge is 0.306 e. The molecule has 0 aliphatic carbocycles. The molecular weight excluding hydrogens is 232 g/mol. The summed E-state index contributed by atoms with van der Waals surface area (Å²) in [7, 11) is 0. The first-order chi connectivity index (χ1) is 8.66. The lowest BCUT2D eigenvalue weighted by atomic mass is 9.92. The molecule has 0 radical (unpaired) electrons. The third kappa shape index (κ3) is 1.72. The van der Waals surface area contributed by atoms with Crippen LogP contribution >= 0.6 is 0 Å². The number of rotatable bonds is 3. The van der Waals surface area contributed by atoms with Gasteiger partial charge in [-0.05, 0) is 12.5 Å². The number of aliphatic carboxylic acids is 1. The van der Waals surface area contributed by atoms with Gasteiger partial charge in [0.25, 0.3) is 0 Å². The van der Waals surface area contributed by atoms with Crippen molar-refractivity contribution in [3.05, 3.63) is 22.8 Å². The molecule has 1 N–H and O–H groups in total. The molecule has 96 valence electrons. The Kier molecular flexibility index (Phi) is 2.65. The lowest BCUT2D eigenvalue weighted by Gasteiger charge is -2.14. The van der Waals surface area contributed by atoms with Gasteiger partial charge in [0.05, 0.1) is 19.1 Å². The number of hydrogen-bond acceptors (Lipinski definition) is 3. The van der Waals surface area contributed by atoms with Gasteiger partial charge in [0.1, 0.15) is 11.5 Å². The second-order valence-electron chi connectivity index (χ2n) is 4.96. The van der Waals surface area contributed by atoms with Crippen LogP contribution in [-0.4, -0.2) is 24.3 Å². The van der Waals surface area contributed by atoms with Crippen molar-refractivity contribution in [2.45, 2.75) is 26.2 Å². The van der Waals surface area contributed by atoms with Gasteiger partial charge in [-0.15, -0.1) is 0 Å². The summed E-state index contributed by atoms with van der Waals surface area (Å²) in [5, 5.41) is 9.07. The van der Waals surface area contributed by atoms with Crippen LogP contribution in [0.2, 0.25) is 0 Å². The van der Waals surface area contributed by atoms with E-state index in [2.05, 4.69) is 6.07 Å². The first-order valence-corrected chi connectivity index (χ1v) is 6.33. The molecule has 2 aliphatic rings. The minimum Gasteiger partial charge on any atom is -0.493 e. The molecule has 0 amide bonds. The third-order valence-corrected chi connectivity index (χ3v) is 3.69. The van der Waals surface area contributed by atoms with Crippen LogP contribution < -0.4 is 9.47 Å². The van der Waals surface area contributed by atoms with E-state index >= 15 is 0 Å². The Balaban J connectivity index is 2.04. The van der Waals surface area contributed by atoms with Crippen LogP contribution in [0.5, 0.6) is 11.5 Å². The summed E-state index contributed by atoms with van der Waals surface area (Å²) >= 11 is 0. The van der Waals surface area contributed by atoms with Gasteiger partial charge < -0.3 is 14.6 Å². The van der Waals surface area contributed by atoms with Gasteiger partial charge in [-0.25, -0.2) is 0 Å². The summed E-state index contributed by atoms with van der Waals surface area (Å²) in [5.74, 6) is 0.669. The van der Waals surface area contributed by atoms with Crippen molar-refractivity contribution in [1.29, 1.82) is 0 Å². The zero-order valence-corrected chi connectivity index (χ0v) is 10.4. The standard InChI is InChI=1S/C14H16O4/c1-8(14(15)16)6-11-10-3-5-17-12(10)7-9-2-4-18-13(9)11/h7-8H,2-6H2,1H3,(H,15,16). The molecule has 3 rings (SSSR count). The lowest BCUT2D eigenvalue weighted by molar-refractivity contribution is -0.141. The molecule has 1 aromatic rings. The third-order valence-electron chi connectivity index (χ3n) is 3.69. The molecule has 0 saturated heterocycles. The minimum atomic E-state index is -0.765. The van der Waals surface area contributed by atoms with Crippen molar-refractivity contribution in [3.63, 3.8) is 0 Å². The molecule has 1 unspecified atom stereocenters. The quantitative estimate of drug-likeness (QED) is 0.886. The maximum absolute atomic E-state index is 11.0. The molecule has 2 heterocycles. The summed E-state index contributed by atoms with van der Waals surface area (Å²) in [4.78, 5) is 11.0.